The van der Waals surface area contributed by atoms with Crippen molar-refractivity contribution in [3.05, 3.63) is 199 Å². The van der Waals surface area contributed by atoms with E-state index in [1.165, 1.54) is 25.1 Å². The molecule has 7 aliphatic heterocycles. The van der Waals surface area contributed by atoms with Crippen LogP contribution < -0.4 is 42.5 Å². The summed E-state index contributed by atoms with van der Waals surface area (Å²) in [5, 5.41) is 57.0. The molecule has 45 heteroatoms. The first-order valence-corrected chi connectivity index (χ1v) is 43.1. The van der Waals surface area contributed by atoms with Crippen LogP contribution in [-0.2, 0) is 71.0 Å². The van der Waals surface area contributed by atoms with Gasteiger partial charge in [0.1, 0.15) is 30.3 Å². The molecule has 7 aliphatic rings. The normalized spacial score (nSPS) is 18.7. The number of likely N-dealkylation sites (N-methyl/N-ethyl adjacent to an activating group) is 1. The maximum atomic E-state index is 13.1. The number of anilines is 4. The minimum absolute atomic E-state index is 0.0553. The molecule has 686 valence electrons. The van der Waals surface area contributed by atoms with Crippen molar-refractivity contribution in [1.82, 2.24) is 129 Å². The molecule has 3 saturated heterocycles. The Bertz CT molecular complexity index is 6210. The van der Waals surface area contributed by atoms with Crippen molar-refractivity contribution in [1.29, 1.82) is 0 Å². The van der Waals surface area contributed by atoms with Crippen LogP contribution >= 0.6 is 0 Å². The number of nitrogens with one attached hydrogen (secondary N) is 8. The van der Waals surface area contributed by atoms with E-state index in [9.17, 15) is 47.9 Å². The van der Waals surface area contributed by atoms with Gasteiger partial charge in [-0.15, -0.1) is 0 Å². The highest BCUT2D eigenvalue weighted by Gasteiger charge is 2.32. The summed E-state index contributed by atoms with van der Waals surface area (Å²) < 4.78 is 40.9. The molecule has 0 radical (unpaired) electrons. The lowest BCUT2D eigenvalue weighted by Crippen LogP contribution is -2.50. The highest BCUT2D eigenvalue weighted by Crippen LogP contribution is 2.29. The number of nitrogens with zero attached hydrogens (tertiary/aromatic N) is 22. The average molecular weight is 1800 g/mol. The van der Waals surface area contributed by atoms with Gasteiger partial charge in [0.05, 0.1) is 122 Å². The van der Waals surface area contributed by atoms with Gasteiger partial charge < -0.3 is 76.0 Å². The van der Waals surface area contributed by atoms with Crippen molar-refractivity contribution in [3.63, 3.8) is 0 Å². The number of cyclic esters (lactones) is 2. The minimum Gasteiger partial charge on any atom is -0.447 e. The molecule has 18 heterocycles. The lowest BCUT2D eigenvalue weighted by atomic mass is 10.1. The zero-order valence-electron chi connectivity index (χ0n) is 72.8. The number of benzene rings is 1. The number of ether oxygens (including phenoxy) is 5. The molecule has 132 heavy (non-hydrogen) atoms. The van der Waals surface area contributed by atoms with Gasteiger partial charge in [-0.05, 0) is 86.2 Å². The number of rotatable bonds is 1. The number of carbonyl (C=O) groups is 10. The van der Waals surface area contributed by atoms with Gasteiger partial charge in [0, 0.05) is 184 Å². The topological polar surface area (TPSA) is 504 Å². The van der Waals surface area contributed by atoms with Gasteiger partial charge in [-0.3, -0.25) is 80.7 Å². The van der Waals surface area contributed by atoms with Crippen molar-refractivity contribution >= 4 is 82.2 Å². The first-order valence-electron chi connectivity index (χ1n) is 43.1. The fourth-order valence-electron chi connectivity index (χ4n) is 15.2. The number of fused-ring (bicyclic) bond motifs is 28. The second-order valence-electron chi connectivity index (χ2n) is 31.9. The molecule has 10 amide bonds. The average Bonchev–Trinajstić information content (AvgIpc) is 1.66. The van der Waals surface area contributed by atoms with Crippen LogP contribution in [0.1, 0.15) is 122 Å². The van der Waals surface area contributed by atoms with Crippen molar-refractivity contribution < 1.29 is 71.6 Å². The Morgan fingerprint density at radius 3 is 1.34 bits per heavy atom. The van der Waals surface area contributed by atoms with Crippen LogP contribution in [0.4, 0.5) is 32.3 Å². The molecule has 3 unspecified atom stereocenters. The summed E-state index contributed by atoms with van der Waals surface area (Å²) in [7, 11) is 6.57. The molecule has 3 fully saturated rings. The van der Waals surface area contributed by atoms with Crippen LogP contribution in [0.5, 0.6) is 0 Å². The number of hydrogen-bond donors (Lipinski definition) is 8. The molecule has 20 bridgehead atoms. The number of morpholine rings is 2. The lowest BCUT2D eigenvalue weighted by Gasteiger charge is -2.32. The number of hydrogen-bond acceptors (Lipinski definition) is 27. The molecule has 11 aromatic heterocycles. The summed E-state index contributed by atoms with van der Waals surface area (Å²) in [6.07, 6.45) is 23.7. The fourth-order valence-corrected chi connectivity index (χ4v) is 15.2. The highest BCUT2D eigenvalue weighted by atomic mass is 16.6. The summed E-state index contributed by atoms with van der Waals surface area (Å²) in [4.78, 5) is 146. The van der Waals surface area contributed by atoms with E-state index in [1.807, 2.05) is 52.2 Å². The number of amides is 10. The Hall–Kier alpha value is -15.5. The number of aromatic nitrogens is 19. The zero-order chi connectivity index (χ0) is 91.7. The van der Waals surface area contributed by atoms with E-state index in [-0.39, 0.29) is 120 Å². The molecule has 12 aromatic rings. The van der Waals surface area contributed by atoms with Crippen LogP contribution in [0.25, 0.3) is 44.9 Å². The van der Waals surface area contributed by atoms with Crippen LogP contribution in [-0.4, -0.2) is 292 Å². The maximum absolute atomic E-state index is 13.1. The molecular weight excluding hydrogens is 1710 g/mol. The molecule has 1 aromatic carbocycles. The van der Waals surface area contributed by atoms with E-state index in [4.69, 9.17) is 23.7 Å². The van der Waals surface area contributed by atoms with Crippen LogP contribution in [0, 0.1) is 0 Å². The van der Waals surface area contributed by atoms with E-state index in [1.54, 1.807) is 151 Å². The SMILES string of the molecule is CN1CCNC(=O)c2nn(C)cc2NC(=O)c2cccc(n2)-c2cnn(c2)CCOC1=O.Cn1cc2c(n1)C(=O)NCC1CN(CCO1)C(=O)OCCn1cc(cn1)-c1cccc(n1)C(=O)N2.Cn1cc2c(n1)C(=O)NCC1CN(CCO1)CCn1cc(cn1)-c1cccc(n1)C(=O)N2.O=C1Nc2cn(C3CCOCC3)nc2C(=O)NCCCCCn2cc(cn2)-c2cccc1c2. The Kier molecular flexibility index (Phi) is 28.4. The Morgan fingerprint density at radius 1 is 0.348 bits per heavy atom. The maximum Gasteiger partial charge on any atom is 0.409 e. The Balaban J connectivity index is 0.000000128. The second kappa shape index (κ2) is 41.7. The standard InChI is InChI=1S/C24H28N6O3.C22H24N8O5.C21H24N8O3.C20H22N8O4/c31-23-18-6-4-5-17(13-18)19-14-26-29(15-19)10-3-1-2-9-25-24(32)22-21(27-23)16-30(28-22)20-7-11-33-12-8-20;1-28-13-18-19(27-28)21(32)23-10-15-12-29(5-7-34-15)22(33)35-8-6-30-11-14(9-24-30)16-3-2-4-17(25-16)20(31)26-18;1-27-13-18-19(26-27)21(31)22-10-15-12-28(7-8-32-15)5-6-29-11-14(9-23-29)16-3-2-4-17(24-16)20(30)25-18;1-26-7-6-21-19(30)17-16(12-27(2)25-17)24-18(29)15-5-3-4-14(23-15)13-10-22-28(11-13)8-9-32-20(26)31/h4-6,13-16,20H,1-3,7-12H2,(H,25,32)(H,27,31);2-4,9,11,13,15H,5-8,10,12H2,1H3,(H,23,32)(H,26,31);2-4,9,11,13,15H,5-8,10,12H2,1H3,(H,22,31)(H,25,30);3-5,10-12H,6-9H2,1-2H3,(H,21,30)(H,24,29). The summed E-state index contributed by atoms with van der Waals surface area (Å²) in [6.45, 7) is 9.30. The largest absolute Gasteiger partial charge is 0.447 e. The predicted octanol–water partition coefficient (Wildman–Crippen LogP) is 4.89. The smallest absolute Gasteiger partial charge is 0.409 e. The van der Waals surface area contributed by atoms with Crippen LogP contribution in [0.3, 0.4) is 0 Å². The van der Waals surface area contributed by atoms with E-state index in [2.05, 4.69) is 103 Å². The Morgan fingerprint density at radius 2 is 0.788 bits per heavy atom. The second-order valence-corrected chi connectivity index (χ2v) is 31.9. The molecule has 19 rings (SSSR count). The van der Waals surface area contributed by atoms with Gasteiger partial charge >= 0.3 is 12.2 Å². The quantitative estimate of drug-likeness (QED) is 0.108. The van der Waals surface area contributed by atoms with E-state index in [0.717, 1.165) is 75.0 Å². The number of pyridine rings is 3. The fraction of sp³-hybridized carbons (Fsp3) is 0.368. The monoisotopic (exact) mass is 1800 g/mol. The summed E-state index contributed by atoms with van der Waals surface area (Å²) in [6, 6.07) is 22.9. The van der Waals surface area contributed by atoms with Crippen LogP contribution in [0.15, 0.2) is 153 Å². The predicted molar refractivity (Wildman–Crippen MR) is 473 cm³/mol. The molecular formula is C87H98N30O15. The van der Waals surface area contributed by atoms with E-state index < -0.39 is 47.8 Å². The van der Waals surface area contributed by atoms with Crippen molar-refractivity contribution in [3.8, 4) is 44.9 Å². The van der Waals surface area contributed by atoms with Crippen molar-refractivity contribution in [2.75, 3.05) is 133 Å². The highest BCUT2D eigenvalue weighted by molar-refractivity contribution is 6.11. The number of carbonyl (C=O) groups excluding carboxylic acids is 10. The van der Waals surface area contributed by atoms with Gasteiger partial charge in [-0.1, -0.05) is 30.3 Å². The molecule has 8 N–H and O–H groups in total. The van der Waals surface area contributed by atoms with Gasteiger partial charge in [-0.25, -0.2) is 24.5 Å². The van der Waals surface area contributed by atoms with Gasteiger partial charge in [-0.2, -0.15) is 40.8 Å². The molecule has 0 saturated carbocycles. The van der Waals surface area contributed by atoms with Gasteiger partial charge in [0.25, 0.3) is 47.3 Å². The van der Waals surface area contributed by atoms with E-state index >= 15 is 0 Å². The third kappa shape index (κ3) is 22.8. The first-order chi connectivity index (χ1) is 64.1. The molecule has 0 spiro atoms. The van der Waals surface area contributed by atoms with E-state index in [0.29, 0.717) is 111 Å². The summed E-state index contributed by atoms with van der Waals surface area (Å²) in [5.41, 5.74) is 8.76. The van der Waals surface area contributed by atoms with Crippen LogP contribution in [0.2, 0.25) is 0 Å². The van der Waals surface area contributed by atoms with Crippen molar-refractivity contribution in [2.45, 2.75) is 76.5 Å². The zero-order valence-corrected chi connectivity index (χ0v) is 72.8. The molecule has 0 aliphatic carbocycles. The van der Waals surface area contributed by atoms with Crippen molar-refractivity contribution in [2.24, 2.45) is 21.1 Å². The van der Waals surface area contributed by atoms with Gasteiger partial charge in [0.2, 0.25) is 0 Å². The molecule has 45 nitrogen and oxygen atoms in total. The Labute approximate surface area is 754 Å². The summed E-state index contributed by atoms with van der Waals surface area (Å²) in [5.74, 6) is -3.26. The summed E-state index contributed by atoms with van der Waals surface area (Å²) >= 11 is 0. The lowest BCUT2D eigenvalue weighted by molar-refractivity contribution is -0.0275. The molecule has 3 atom stereocenters. The third-order valence-corrected chi connectivity index (χ3v) is 22.2. The first kappa shape index (κ1) is 89.9. The third-order valence-electron chi connectivity index (χ3n) is 22.2. The minimum atomic E-state index is -0.510. The number of aryl methyl sites for hydroxylation is 4. The van der Waals surface area contributed by atoms with Gasteiger partial charge in [0.15, 0.2) is 22.8 Å².